The van der Waals surface area contributed by atoms with Crippen LogP contribution in [0.4, 0.5) is 0 Å². The number of hydrogen-bond acceptors (Lipinski definition) is 1. The summed E-state index contributed by atoms with van der Waals surface area (Å²) < 4.78 is 0. The van der Waals surface area contributed by atoms with Crippen molar-refractivity contribution in [2.45, 2.75) is 6.92 Å². The van der Waals surface area contributed by atoms with E-state index in [4.69, 9.17) is 0 Å². The average Bonchev–Trinajstić information content (AvgIpc) is 2.05. The molecule has 0 bridgehead atoms. The molecule has 12 heavy (non-hydrogen) atoms. The number of nitrogens with one attached hydrogen (secondary N) is 1. The summed E-state index contributed by atoms with van der Waals surface area (Å²) in [7, 11) is 1.93. The summed E-state index contributed by atoms with van der Waals surface area (Å²) in [6.07, 6.45) is 0. The highest BCUT2D eigenvalue weighted by Crippen LogP contribution is 2.15. The van der Waals surface area contributed by atoms with E-state index in [-0.39, 0.29) is 0 Å². The van der Waals surface area contributed by atoms with E-state index in [1.807, 2.05) is 19.2 Å². The third kappa shape index (κ3) is 1.95. The van der Waals surface area contributed by atoms with E-state index in [1.165, 1.54) is 11.1 Å². The van der Waals surface area contributed by atoms with Gasteiger partial charge < -0.3 is 5.32 Å². The summed E-state index contributed by atoms with van der Waals surface area (Å²) in [6.45, 7) is 6.97. The van der Waals surface area contributed by atoms with E-state index in [0.717, 1.165) is 12.1 Å². The molecule has 1 N–H and O–H groups in total. The van der Waals surface area contributed by atoms with Crippen LogP contribution in [0, 0.1) is 6.92 Å². The summed E-state index contributed by atoms with van der Waals surface area (Å²) in [5, 5.41) is 3.09. The van der Waals surface area contributed by atoms with Crippen molar-refractivity contribution in [3.8, 4) is 0 Å². The zero-order valence-corrected chi connectivity index (χ0v) is 7.72. The van der Waals surface area contributed by atoms with E-state index in [0.29, 0.717) is 0 Å². The van der Waals surface area contributed by atoms with Gasteiger partial charge in [0.15, 0.2) is 0 Å². The number of hydrogen-bond donors (Lipinski definition) is 1. The monoisotopic (exact) mass is 161 g/mol. The van der Waals surface area contributed by atoms with Crippen LogP contribution in [0.3, 0.4) is 0 Å². The summed E-state index contributed by atoms with van der Waals surface area (Å²) in [5.41, 5.74) is 3.69. The molecule has 0 aliphatic rings. The number of likely N-dealkylation sites (N-methyl/N-ethyl adjacent to an activating group) is 1. The highest BCUT2D eigenvalue weighted by molar-refractivity contribution is 5.67. The molecule has 64 valence electrons. The Morgan fingerprint density at radius 2 is 2.08 bits per heavy atom. The van der Waals surface area contributed by atoms with Gasteiger partial charge in [0.2, 0.25) is 0 Å². The molecule has 0 fully saturated rings. The van der Waals surface area contributed by atoms with Gasteiger partial charge in [-0.05, 0) is 30.7 Å². The Morgan fingerprint density at radius 3 is 2.67 bits per heavy atom. The Balaban J connectivity index is 2.87. The standard InChI is InChI=1S/C11H15N/c1-9-6-4-5-7-11(9)10(2)8-12-3/h4-7,12H,2,8H2,1,3H3. The molecule has 0 heterocycles. The first-order valence-electron chi connectivity index (χ1n) is 4.14. The Hall–Kier alpha value is -1.08. The molecule has 0 unspecified atom stereocenters. The zero-order valence-electron chi connectivity index (χ0n) is 7.72. The molecule has 0 atom stereocenters. The quantitative estimate of drug-likeness (QED) is 0.716. The van der Waals surface area contributed by atoms with E-state index >= 15 is 0 Å². The van der Waals surface area contributed by atoms with Crippen LogP contribution < -0.4 is 5.32 Å². The fourth-order valence-electron chi connectivity index (χ4n) is 1.28. The molecule has 0 aliphatic carbocycles. The van der Waals surface area contributed by atoms with Crippen molar-refractivity contribution in [1.29, 1.82) is 0 Å². The van der Waals surface area contributed by atoms with Crippen molar-refractivity contribution in [2.24, 2.45) is 0 Å². The molecule has 0 aliphatic heterocycles. The summed E-state index contributed by atoms with van der Waals surface area (Å²) in [5.74, 6) is 0. The normalized spacial score (nSPS) is 9.83. The van der Waals surface area contributed by atoms with Gasteiger partial charge in [0.1, 0.15) is 0 Å². The van der Waals surface area contributed by atoms with E-state index in [9.17, 15) is 0 Å². The first-order chi connectivity index (χ1) is 5.75. The Bertz CT molecular complexity index is 276. The van der Waals surface area contributed by atoms with E-state index < -0.39 is 0 Å². The predicted octanol–water partition coefficient (Wildman–Crippen LogP) is 2.23. The Kier molecular flexibility index (Phi) is 3.06. The van der Waals surface area contributed by atoms with Crippen LogP contribution in [0.5, 0.6) is 0 Å². The second kappa shape index (κ2) is 4.07. The lowest BCUT2D eigenvalue weighted by molar-refractivity contribution is 0.932. The predicted molar refractivity (Wildman–Crippen MR) is 54.1 cm³/mol. The van der Waals surface area contributed by atoms with E-state index in [1.54, 1.807) is 0 Å². The van der Waals surface area contributed by atoms with Crippen LogP contribution in [0.15, 0.2) is 30.8 Å². The van der Waals surface area contributed by atoms with Crippen molar-refractivity contribution in [1.82, 2.24) is 5.32 Å². The fourth-order valence-corrected chi connectivity index (χ4v) is 1.28. The number of benzene rings is 1. The van der Waals surface area contributed by atoms with Crippen LogP contribution in [0.25, 0.3) is 5.57 Å². The van der Waals surface area contributed by atoms with Gasteiger partial charge in [-0.2, -0.15) is 0 Å². The highest BCUT2D eigenvalue weighted by atomic mass is 14.8. The van der Waals surface area contributed by atoms with Gasteiger partial charge in [0.25, 0.3) is 0 Å². The molecule has 1 nitrogen and oxygen atoms in total. The average molecular weight is 161 g/mol. The van der Waals surface area contributed by atoms with Crippen LogP contribution >= 0.6 is 0 Å². The molecule has 0 amide bonds. The van der Waals surface area contributed by atoms with Gasteiger partial charge in [0.05, 0.1) is 0 Å². The first-order valence-corrected chi connectivity index (χ1v) is 4.14. The smallest absolute Gasteiger partial charge is 0.0202 e. The third-order valence-electron chi connectivity index (χ3n) is 1.92. The van der Waals surface area contributed by atoms with Crippen molar-refractivity contribution >= 4 is 5.57 Å². The van der Waals surface area contributed by atoms with Gasteiger partial charge in [-0.3, -0.25) is 0 Å². The molecular weight excluding hydrogens is 146 g/mol. The van der Waals surface area contributed by atoms with Crippen LogP contribution in [-0.4, -0.2) is 13.6 Å². The van der Waals surface area contributed by atoms with Crippen LogP contribution in [0.2, 0.25) is 0 Å². The molecule has 1 aromatic carbocycles. The first kappa shape index (κ1) is 9.01. The van der Waals surface area contributed by atoms with Gasteiger partial charge in [-0.25, -0.2) is 0 Å². The number of aryl methyl sites for hydroxylation is 1. The molecule has 0 radical (unpaired) electrons. The van der Waals surface area contributed by atoms with Crippen LogP contribution in [-0.2, 0) is 0 Å². The second-order valence-corrected chi connectivity index (χ2v) is 2.95. The molecule has 0 saturated heterocycles. The third-order valence-corrected chi connectivity index (χ3v) is 1.92. The topological polar surface area (TPSA) is 12.0 Å². The SMILES string of the molecule is C=C(CNC)c1ccccc1C. The minimum Gasteiger partial charge on any atom is -0.316 e. The number of rotatable bonds is 3. The minimum absolute atomic E-state index is 0.852. The molecule has 1 aromatic rings. The lowest BCUT2D eigenvalue weighted by atomic mass is 10.0. The molecule has 1 heteroatoms. The van der Waals surface area contributed by atoms with Crippen LogP contribution in [0.1, 0.15) is 11.1 Å². The van der Waals surface area contributed by atoms with Crippen molar-refractivity contribution in [2.75, 3.05) is 13.6 Å². The van der Waals surface area contributed by atoms with Crippen molar-refractivity contribution < 1.29 is 0 Å². The lowest BCUT2D eigenvalue weighted by Gasteiger charge is -2.07. The van der Waals surface area contributed by atoms with Gasteiger partial charge in [-0.1, -0.05) is 30.8 Å². The molecule has 1 rings (SSSR count). The fraction of sp³-hybridized carbons (Fsp3) is 0.273. The zero-order chi connectivity index (χ0) is 8.97. The van der Waals surface area contributed by atoms with Crippen molar-refractivity contribution in [3.63, 3.8) is 0 Å². The Labute approximate surface area is 74.1 Å². The maximum absolute atomic E-state index is 4.01. The highest BCUT2D eigenvalue weighted by Gasteiger charge is 1.99. The van der Waals surface area contributed by atoms with Gasteiger partial charge in [0, 0.05) is 6.54 Å². The van der Waals surface area contributed by atoms with Gasteiger partial charge >= 0.3 is 0 Å². The maximum atomic E-state index is 4.01. The van der Waals surface area contributed by atoms with Gasteiger partial charge in [-0.15, -0.1) is 0 Å². The molecule has 0 aromatic heterocycles. The molecular formula is C11H15N. The molecule has 0 spiro atoms. The lowest BCUT2D eigenvalue weighted by Crippen LogP contribution is -2.09. The largest absolute Gasteiger partial charge is 0.316 e. The van der Waals surface area contributed by atoms with E-state index in [2.05, 4.69) is 31.0 Å². The Morgan fingerprint density at radius 1 is 1.42 bits per heavy atom. The maximum Gasteiger partial charge on any atom is 0.0202 e. The second-order valence-electron chi connectivity index (χ2n) is 2.95. The summed E-state index contributed by atoms with van der Waals surface area (Å²) in [4.78, 5) is 0. The summed E-state index contributed by atoms with van der Waals surface area (Å²) in [6, 6.07) is 8.31. The van der Waals surface area contributed by atoms with Crippen molar-refractivity contribution in [3.05, 3.63) is 42.0 Å². The summed E-state index contributed by atoms with van der Waals surface area (Å²) >= 11 is 0. The minimum atomic E-state index is 0.852. The molecule has 0 saturated carbocycles.